The van der Waals surface area contributed by atoms with Gasteiger partial charge in [0.05, 0.1) is 12.1 Å². The van der Waals surface area contributed by atoms with Crippen LogP contribution in [0.5, 0.6) is 0 Å². The first-order valence-corrected chi connectivity index (χ1v) is 7.52. The van der Waals surface area contributed by atoms with Crippen molar-refractivity contribution in [3.8, 4) is 0 Å². The molecule has 1 heterocycles. The van der Waals surface area contributed by atoms with Crippen molar-refractivity contribution in [1.82, 2.24) is 5.32 Å². The molecule has 0 aliphatic carbocycles. The van der Waals surface area contributed by atoms with Crippen molar-refractivity contribution in [2.75, 3.05) is 6.61 Å². The van der Waals surface area contributed by atoms with Crippen LogP contribution < -0.4 is 5.32 Å². The third-order valence-corrected chi connectivity index (χ3v) is 4.26. The largest absolute Gasteiger partial charge is 0.394 e. The lowest BCUT2D eigenvalue weighted by atomic mass is 9.92. The van der Waals surface area contributed by atoms with Crippen LogP contribution in [0, 0.1) is 0 Å². The molecule has 20 heavy (non-hydrogen) atoms. The van der Waals surface area contributed by atoms with Gasteiger partial charge in [0.2, 0.25) is 5.91 Å². The number of carbonyl (C=O) groups is 1. The molecule has 1 atom stereocenters. The average molecular weight is 289 g/mol. The summed E-state index contributed by atoms with van der Waals surface area (Å²) in [6.07, 6.45) is 1.17. The van der Waals surface area contributed by atoms with Crippen molar-refractivity contribution in [3.05, 3.63) is 58.3 Å². The summed E-state index contributed by atoms with van der Waals surface area (Å²) in [6, 6.07) is 13.6. The van der Waals surface area contributed by atoms with Gasteiger partial charge < -0.3 is 10.4 Å². The Morgan fingerprint density at radius 1 is 1.25 bits per heavy atom. The van der Waals surface area contributed by atoms with E-state index in [1.807, 2.05) is 54.8 Å². The highest BCUT2D eigenvalue weighted by molar-refractivity contribution is 7.09. The molecule has 1 unspecified atom stereocenters. The first-order valence-electron chi connectivity index (χ1n) is 6.64. The Kier molecular flexibility index (Phi) is 4.93. The van der Waals surface area contributed by atoms with Gasteiger partial charge in [-0.05, 0) is 30.4 Å². The second-order valence-corrected chi connectivity index (χ2v) is 6.02. The molecule has 4 heteroatoms. The van der Waals surface area contributed by atoms with E-state index in [0.29, 0.717) is 6.42 Å². The van der Waals surface area contributed by atoms with Crippen LogP contribution in [-0.4, -0.2) is 17.6 Å². The fraction of sp³-hybridized carbons (Fsp3) is 0.312. The summed E-state index contributed by atoms with van der Waals surface area (Å²) >= 11 is 1.66. The molecule has 0 saturated heterocycles. The zero-order valence-electron chi connectivity index (χ0n) is 11.5. The number of nitrogens with one attached hydrogen (secondary N) is 1. The number of aryl methyl sites for hydroxylation is 1. The molecular weight excluding hydrogens is 270 g/mol. The molecule has 0 aliphatic rings. The normalized spacial score (nSPS) is 13.7. The van der Waals surface area contributed by atoms with E-state index >= 15 is 0 Å². The number of hydrogen-bond donors (Lipinski definition) is 2. The van der Waals surface area contributed by atoms with Crippen LogP contribution in [0.2, 0.25) is 0 Å². The predicted molar refractivity (Wildman–Crippen MR) is 81.7 cm³/mol. The highest BCUT2D eigenvalue weighted by atomic mass is 32.1. The molecule has 0 aliphatic heterocycles. The smallest absolute Gasteiger partial charge is 0.221 e. The zero-order chi connectivity index (χ0) is 14.4. The Labute approximate surface area is 123 Å². The number of aliphatic hydroxyl groups is 1. The number of benzene rings is 1. The predicted octanol–water partition coefficient (Wildman–Crippen LogP) is 2.70. The third kappa shape index (κ3) is 3.68. The van der Waals surface area contributed by atoms with E-state index < -0.39 is 5.54 Å². The first kappa shape index (κ1) is 14.8. The Bertz CT molecular complexity index is 539. The zero-order valence-corrected chi connectivity index (χ0v) is 12.3. The van der Waals surface area contributed by atoms with Gasteiger partial charge in [-0.15, -0.1) is 11.3 Å². The summed E-state index contributed by atoms with van der Waals surface area (Å²) in [5.41, 5.74) is 0.181. The molecule has 1 aromatic carbocycles. The van der Waals surface area contributed by atoms with Gasteiger partial charge in [-0.25, -0.2) is 0 Å². The van der Waals surface area contributed by atoms with E-state index in [2.05, 4.69) is 5.32 Å². The number of amides is 1. The Hall–Kier alpha value is -1.65. The van der Waals surface area contributed by atoms with Crippen LogP contribution in [0.1, 0.15) is 23.8 Å². The van der Waals surface area contributed by atoms with Crippen molar-refractivity contribution in [2.24, 2.45) is 0 Å². The second kappa shape index (κ2) is 6.68. The topological polar surface area (TPSA) is 49.3 Å². The van der Waals surface area contributed by atoms with E-state index in [1.165, 1.54) is 4.88 Å². The summed E-state index contributed by atoms with van der Waals surface area (Å²) in [5.74, 6) is -0.0428. The number of hydrogen-bond acceptors (Lipinski definition) is 3. The van der Waals surface area contributed by atoms with Crippen LogP contribution in [0.3, 0.4) is 0 Å². The van der Waals surface area contributed by atoms with Crippen molar-refractivity contribution in [1.29, 1.82) is 0 Å². The Balaban J connectivity index is 1.97. The lowest BCUT2D eigenvalue weighted by molar-refractivity contribution is -0.123. The molecule has 0 radical (unpaired) electrons. The molecule has 1 amide bonds. The fourth-order valence-corrected chi connectivity index (χ4v) is 2.78. The highest BCUT2D eigenvalue weighted by Gasteiger charge is 2.27. The van der Waals surface area contributed by atoms with E-state index in [-0.39, 0.29) is 12.5 Å². The molecule has 0 bridgehead atoms. The second-order valence-electron chi connectivity index (χ2n) is 4.98. The lowest BCUT2D eigenvalue weighted by Gasteiger charge is -2.29. The molecule has 106 valence electrons. The monoisotopic (exact) mass is 289 g/mol. The van der Waals surface area contributed by atoms with Crippen molar-refractivity contribution < 1.29 is 9.90 Å². The van der Waals surface area contributed by atoms with E-state index in [1.54, 1.807) is 11.3 Å². The lowest BCUT2D eigenvalue weighted by Crippen LogP contribution is -2.46. The minimum atomic E-state index is -0.728. The molecule has 0 saturated carbocycles. The van der Waals surface area contributed by atoms with Crippen LogP contribution in [0.4, 0.5) is 0 Å². The molecule has 2 N–H and O–H groups in total. The number of rotatable bonds is 6. The van der Waals surface area contributed by atoms with E-state index in [9.17, 15) is 9.90 Å². The standard InChI is InChI=1S/C16H19NO2S/c1-16(12-18,13-6-3-2-4-7-13)17-15(19)10-9-14-8-5-11-20-14/h2-8,11,18H,9-10,12H2,1H3,(H,17,19). The minimum Gasteiger partial charge on any atom is -0.394 e. The Morgan fingerprint density at radius 3 is 2.60 bits per heavy atom. The third-order valence-electron chi connectivity index (χ3n) is 3.32. The number of carbonyl (C=O) groups excluding carboxylic acids is 1. The van der Waals surface area contributed by atoms with Crippen molar-refractivity contribution >= 4 is 17.2 Å². The fourth-order valence-electron chi connectivity index (χ4n) is 2.07. The Morgan fingerprint density at radius 2 is 2.00 bits per heavy atom. The highest BCUT2D eigenvalue weighted by Crippen LogP contribution is 2.20. The summed E-state index contributed by atoms with van der Waals surface area (Å²) in [4.78, 5) is 13.3. The summed E-state index contributed by atoms with van der Waals surface area (Å²) in [7, 11) is 0. The van der Waals surface area contributed by atoms with E-state index in [4.69, 9.17) is 0 Å². The molecular formula is C16H19NO2S. The van der Waals surface area contributed by atoms with Gasteiger partial charge in [-0.2, -0.15) is 0 Å². The molecule has 0 fully saturated rings. The molecule has 0 spiro atoms. The average Bonchev–Trinajstić information content (AvgIpc) is 2.99. The van der Waals surface area contributed by atoms with Gasteiger partial charge in [-0.1, -0.05) is 36.4 Å². The molecule has 2 aromatic rings. The summed E-state index contributed by atoms with van der Waals surface area (Å²) in [5, 5.41) is 14.6. The number of aliphatic hydroxyl groups excluding tert-OH is 1. The van der Waals surface area contributed by atoms with Crippen LogP contribution in [-0.2, 0) is 16.8 Å². The van der Waals surface area contributed by atoms with Crippen LogP contribution >= 0.6 is 11.3 Å². The molecule has 2 rings (SSSR count). The van der Waals surface area contributed by atoms with Gasteiger partial charge in [-0.3, -0.25) is 4.79 Å². The van der Waals surface area contributed by atoms with Gasteiger partial charge in [0.1, 0.15) is 0 Å². The first-order chi connectivity index (χ1) is 9.64. The van der Waals surface area contributed by atoms with Crippen molar-refractivity contribution in [2.45, 2.75) is 25.3 Å². The van der Waals surface area contributed by atoms with E-state index in [0.717, 1.165) is 12.0 Å². The van der Waals surface area contributed by atoms with Crippen molar-refractivity contribution in [3.63, 3.8) is 0 Å². The van der Waals surface area contributed by atoms with Gasteiger partial charge in [0.15, 0.2) is 0 Å². The van der Waals surface area contributed by atoms with Gasteiger partial charge >= 0.3 is 0 Å². The molecule has 1 aromatic heterocycles. The van der Waals surface area contributed by atoms with Crippen LogP contribution in [0.15, 0.2) is 47.8 Å². The quantitative estimate of drug-likeness (QED) is 0.859. The van der Waals surface area contributed by atoms with Crippen LogP contribution in [0.25, 0.3) is 0 Å². The SMILES string of the molecule is CC(CO)(NC(=O)CCc1cccs1)c1ccccc1. The maximum Gasteiger partial charge on any atom is 0.221 e. The summed E-state index contributed by atoms with van der Waals surface area (Å²) < 4.78 is 0. The molecule has 3 nitrogen and oxygen atoms in total. The maximum absolute atomic E-state index is 12.1. The maximum atomic E-state index is 12.1. The minimum absolute atomic E-state index is 0.0428. The number of thiophene rings is 1. The van der Waals surface area contributed by atoms with Gasteiger partial charge in [0.25, 0.3) is 0 Å². The summed E-state index contributed by atoms with van der Waals surface area (Å²) in [6.45, 7) is 1.72. The van der Waals surface area contributed by atoms with Gasteiger partial charge in [0, 0.05) is 11.3 Å².